The minimum Gasteiger partial charge on any atom is -0.491 e. The maximum atomic E-state index is 12.1. The Labute approximate surface area is 122 Å². The maximum Gasteiger partial charge on any atom is 0.224 e. The second kappa shape index (κ2) is 7.32. The number of nitrogens with one attached hydrogen (secondary N) is 1. The number of para-hydroxylation sites is 1. The molecule has 3 nitrogen and oxygen atoms in total. The largest absolute Gasteiger partial charge is 0.491 e. The van der Waals surface area contributed by atoms with E-state index in [9.17, 15) is 4.79 Å². The molecule has 0 heterocycles. The Morgan fingerprint density at radius 2 is 2.00 bits per heavy atom. The Balaban J connectivity index is 2.78. The molecule has 20 heavy (non-hydrogen) atoms. The summed E-state index contributed by atoms with van der Waals surface area (Å²) in [4.78, 5) is 12.1. The fourth-order valence-corrected chi connectivity index (χ4v) is 1.94. The standard InChI is InChI=1S/C17H27NO2/c1-6-7-11-20-16-13(2)9-8-10-14(16)18-15(19)12-17(3,4)5/h8-10H,6-7,11-12H2,1-5H3,(H,18,19). The number of amides is 1. The van der Waals surface area contributed by atoms with Gasteiger partial charge in [0.25, 0.3) is 0 Å². The van der Waals surface area contributed by atoms with Crippen LogP contribution in [0.25, 0.3) is 0 Å². The predicted molar refractivity (Wildman–Crippen MR) is 84.3 cm³/mol. The van der Waals surface area contributed by atoms with Crippen LogP contribution in [0.1, 0.15) is 52.5 Å². The highest BCUT2D eigenvalue weighted by atomic mass is 16.5. The van der Waals surface area contributed by atoms with Gasteiger partial charge in [-0.2, -0.15) is 0 Å². The monoisotopic (exact) mass is 277 g/mol. The van der Waals surface area contributed by atoms with Gasteiger partial charge < -0.3 is 10.1 Å². The first kappa shape index (κ1) is 16.5. The highest BCUT2D eigenvalue weighted by molar-refractivity contribution is 5.92. The molecule has 0 saturated carbocycles. The van der Waals surface area contributed by atoms with Crippen LogP contribution in [0.4, 0.5) is 5.69 Å². The van der Waals surface area contributed by atoms with E-state index in [2.05, 4.69) is 33.0 Å². The van der Waals surface area contributed by atoms with E-state index in [1.807, 2.05) is 25.1 Å². The van der Waals surface area contributed by atoms with Crippen LogP contribution >= 0.6 is 0 Å². The molecule has 0 aliphatic heterocycles. The van der Waals surface area contributed by atoms with Crippen LogP contribution < -0.4 is 10.1 Å². The molecule has 0 radical (unpaired) electrons. The van der Waals surface area contributed by atoms with Crippen LogP contribution in [0.5, 0.6) is 5.75 Å². The van der Waals surface area contributed by atoms with E-state index in [0.717, 1.165) is 29.8 Å². The summed E-state index contributed by atoms with van der Waals surface area (Å²) in [6.07, 6.45) is 2.61. The zero-order valence-corrected chi connectivity index (χ0v) is 13.4. The number of carbonyl (C=O) groups is 1. The summed E-state index contributed by atoms with van der Waals surface area (Å²) in [5.74, 6) is 0.826. The molecule has 0 unspecified atom stereocenters. The smallest absolute Gasteiger partial charge is 0.224 e. The van der Waals surface area contributed by atoms with Crippen LogP contribution in [-0.4, -0.2) is 12.5 Å². The first-order valence-corrected chi connectivity index (χ1v) is 7.36. The predicted octanol–water partition coefficient (Wildman–Crippen LogP) is 4.55. The number of hydrogen-bond donors (Lipinski definition) is 1. The Bertz CT molecular complexity index is 447. The van der Waals surface area contributed by atoms with E-state index < -0.39 is 0 Å². The summed E-state index contributed by atoms with van der Waals surface area (Å²) >= 11 is 0. The van der Waals surface area contributed by atoms with Gasteiger partial charge in [0, 0.05) is 6.42 Å². The van der Waals surface area contributed by atoms with Gasteiger partial charge in [-0.15, -0.1) is 0 Å². The van der Waals surface area contributed by atoms with Crippen molar-refractivity contribution in [3.63, 3.8) is 0 Å². The van der Waals surface area contributed by atoms with Crippen LogP contribution in [0.3, 0.4) is 0 Å². The molecule has 0 aliphatic carbocycles. The van der Waals surface area contributed by atoms with Crippen LogP contribution in [0.15, 0.2) is 18.2 Å². The number of hydrogen-bond acceptors (Lipinski definition) is 2. The van der Waals surface area contributed by atoms with Crippen LogP contribution in [0, 0.1) is 12.3 Å². The number of aryl methyl sites for hydroxylation is 1. The zero-order valence-electron chi connectivity index (χ0n) is 13.4. The molecule has 0 aromatic heterocycles. The van der Waals surface area contributed by atoms with Gasteiger partial charge in [0.1, 0.15) is 5.75 Å². The van der Waals surface area contributed by atoms with Gasteiger partial charge in [0.2, 0.25) is 5.91 Å². The van der Waals surface area contributed by atoms with Gasteiger partial charge in [-0.3, -0.25) is 4.79 Å². The van der Waals surface area contributed by atoms with Gasteiger partial charge >= 0.3 is 0 Å². The molecule has 0 fully saturated rings. The molecular formula is C17H27NO2. The topological polar surface area (TPSA) is 38.3 Å². The van der Waals surface area contributed by atoms with Gasteiger partial charge in [0.05, 0.1) is 12.3 Å². The Morgan fingerprint density at radius 1 is 1.30 bits per heavy atom. The van der Waals surface area contributed by atoms with Gasteiger partial charge in [-0.25, -0.2) is 0 Å². The lowest BCUT2D eigenvalue weighted by Gasteiger charge is -2.19. The van der Waals surface area contributed by atoms with Crippen molar-refractivity contribution >= 4 is 11.6 Å². The molecule has 112 valence electrons. The number of benzene rings is 1. The summed E-state index contributed by atoms with van der Waals surface area (Å²) in [5, 5.41) is 2.97. The van der Waals surface area contributed by atoms with Crippen molar-refractivity contribution in [1.29, 1.82) is 0 Å². The molecule has 1 N–H and O–H groups in total. The van der Waals surface area contributed by atoms with Gasteiger partial charge in [-0.05, 0) is 30.4 Å². The minimum atomic E-state index is -0.0167. The number of ether oxygens (including phenoxy) is 1. The average molecular weight is 277 g/mol. The molecular weight excluding hydrogens is 250 g/mol. The third-order valence-corrected chi connectivity index (χ3v) is 2.92. The van der Waals surface area contributed by atoms with Crippen molar-refractivity contribution in [3.8, 4) is 5.75 Å². The molecule has 0 bridgehead atoms. The lowest BCUT2D eigenvalue weighted by atomic mass is 9.92. The molecule has 0 spiro atoms. The van der Waals surface area contributed by atoms with E-state index in [1.54, 1.807) is 0 Å². The highest BCUT2D eigenvalue weighted by Gasteiger charge is 2.17. The van der Waals surface area contributed by atoms with E-state index in [4.69, 9.17) is 4.74 Å². The molecule has 1 amide bonds. The summed E-state index contributed by atoms with van der Waals surface area (Å²) in [6, 6.07) is 5.84. The van der Waals surface area contributed by atoms with Crippen molar-refractivity contribution in [1.82, 2.24) is 0 Å². The quantitative estimate of drug-likeness (QED) is 0.775. The summed E-state index contributed by atoms with van der Waals surface area (Å²) in [6.45, 7) is 11.0. The number of rotatable bonds is 6. The van der Waals surface area contributed by atoms with Crippen molar-refractivity contribution in [2.24, 2.45) is 5.41 Å². The minimum absolute atomic E-state index is 0.0167. The summed E-state index contributed by atoms with van der Waals surface area (Å²) in [7, 11) is 0. The first-order chi connectivity index (χ1) is 9.33. The molecule has 3 heteroatoms. The Morgan fingerprint density at radius 3 is 2.60 bits per heavy atom. The SMILES string of the molecule is CCCCOc1c(C)cccc1NC(=O)CC(C)(C)C. The summed E-state index contributed by atoms with van der Waals surface area (Å²) in [5.41, 5.74) is 1.81. The number of carbonyl (C=O) groups excluding carboxylic acids is 1. The lowest BCUT2D eigenvalue weighted by Crippen LogP contribution is -2.20. The average Bonchev–Trinajstić information content (AvgIpc) is 2.30. The molecule has 0 aliphatic rings. The molecule has 0 atom stereocenters. The number of anilines is 1. The Kier molecular flexibility index (Phi) is 6.05. The second-order valence-corrected chi connectivity index (χ2v) is 6.44. The van der Waals surface area contributed by atoms with E-state index >= 15 is 0 Å². The summed E-state index contributed by atoms with van der Waals surface area (Å²) < 4.78 is 5.82. The van der Waals surface area contributed by atoms with Gasteiger partial charge in [0.15, 0.2) is 0 Å². The maximum absolute atomic E-state index is 12.1. The number of unbranched alkanes of at least 4 members (excludes halogenated alkanes) is 1. The van der Waals surface area contributed by atoms with Crippen LogP contribution in [0.2, 0.25) is 0 Å². The van der Waals surface area contributed by atoms with Crippen molar-refractivity contribution in [2.75, 3.05) is 11.9 Å². The molecule has 1 aromatic carbocycles. The first-order valence-electron chi connectivity index (χ1n) is 7.36. The zero-order chi connectivity index (χ0) is 15.2. The van der Waals surface area contributed by atoms with Crippen molar-refractivity contribution in [2.45, 2.75) is 53.9 Å². The fraction of sp³-hybridized carbons (Fsp3) is 0.588. The third kappa shape index (κ3) is 5.64. The van der Waals surface area contributed by atoms with Crippen LogP contribution in [-0.2, 0) is 4.79 Å². The molecule has 1 aromatic rings. The second-order valence-electron chi connectivity index (χ2n) is 6.44. The normalized spacial score (nSPS) is 11.2. The van der Waals surface area contributed by atoms with Gasteiger partial charge in [-0.1, -0.05) is 46.2 Å². The fourth-order valence-electron chi connectivity index (χ4n) is 1.94. The lowest BCUT2D eigenvalue weighted by molar-refractivity contribution is -0.117. The third-order valence-electron chi connectivity index (χ3n) is 2.92. The van der Waals surface area contributed by atoms with E-state index in [0.29, 0.717) is 13.0 Å². The molecule has 1 rings (SSSR count). The Hall–Kier alpha value is -1.51. The van der Waals surface area contributed by atoms with E-state index in [1.165, 1.54) is 0 Å². The van der Waals surface area contributed by atoms with Crippen molar-refractivity contribution in [3.05, 3.63) is 23.8 Å². The van der Waals surface area contributed by atoms with Crippen molar-refractivity contribution < 1.29 is 9.53 Å². The highest BCUT2D eigenvalue weighted by Crippen LogP contribution is 2.29. The molecule has 0 saturated heterocycles. The van der Waals surface area contributed by atoms with E-state index in [-0.39, 0.29) is 11.3 Å².